The van der Waals surface area contributed by atoms with Crippen LogP contribution in [0.2, 0.25) is 5.15 Å². The van der Waals surface area contributed by atoms with E-state index in [1.54, 1.807) is 18.3 Å². The van der Waals surface area contributed by atoms with E-state index in [4.69, 9.17) is 16.7 Å². The van der Waals surface area contributed by atoms with Crippen LogP contribution in [0.25, 0.3) is 10.9 Å². The largest absolute Gasteiger partial charge is 0.465 e. The fourth-order valence-electron chi connectivity index (χ4n) is 2.29. The highest BCUT2D eigenvalue weighted by Crippen LogP contribution is 2.26. The number of hydrogen-bond donors (Lipinski definition) is 2. The summed E-state index contributed by atoms with van der Waals surface area (Å²) in [6, 6.07) is 2.76. The van der Waals surface area contributed by atoms with Gasteiger partial charge in [-0.2, -0.15) is 0 Å². The van der Waals surface area contributed by atoms with Crippen molar-refractivity contribution < 1.29 is 14.3 Å². The van der Waals surface area contributed by atoms with Gasteiger partial charge in [0.25, 0.3) is 0 Å². The van der Waals surface area contributed by atoms with Gasteiger partial charge in [-0.25, -0.2) is 9.18 Å². The minimum atomic E-state index is -1.31. The number of anilines is 1. The molecule has 9 heteroatoms. The highest BCUT2D eigenvalue weighted by molar-refractivity contribution is 6.33. The van der Waals surface area contributed by atoms with Gasteiger partial charge >= 0.3 is 6.09 Å². The lowest BCUT2D eigenvalue weighted by Crippen LogP contribution is -2.31. The van der Waals surface area contributed by atoms with Crippen LogP contribution in [0.4, 0.5) is 15.0 Å². The van der Waals surface area contributed by atoms with E-state index in [0.717, 1.165) is 4.90 Å². The van der Waals surface area contributed by atoms with Crippen LogP contribution in [0.5, 0.6) is 0 Å². The second-order valence-corrected chi connectivity index (χ2v) is 5.05. The molecule has 0 bridgehead atoms. The Kier molecular flexibility index (Phi) is 3.46. The number of fused-ring (bicyclic) bond motifs is 1. The molecule has 7 nitrogen and oxygen atoms in total. The average Bonchev–Trinajstić information content (AvgIpc) is 2.84. The zero-order valence-electron chi connectivity index (χ0n) is 10.7. The normalized spacial score (nSPS) is 21.7. The molecule has 0 aliphatic carbocycles. The van der Waals surface area contributed by atoms with Gasteiger partial charge < -0.3 is 15.3 Å². The second kappa shape index (κ2) is 5.28. The van der Waals surface area contributed by atoms with Crippen molar-refractivity contribution in [1.29, 1.82) is 0 Å². The molecule has 1 aliphatic heterocycles. The molecule has 2 N–H and O–H groups in total. The summed E-state index contributed by atoms with van der Waals surface area (Å²) in [5.74, 6) is 0.336. The first kappa shape index (κ1) is 13.7. The predicted octanol–water partition coefficient (Wildman–Crippen LogP) is 1.79. The van der Waals surface area contributed by atoms with E-state index in [-0.39, 0.29) is 18.2 Å². The number of rotatable bonds is 2. The Morgan fingerprint density at radius 1 is 1.48 bits per heavy atom. The lowest BCUT2D eigenvalue weighted by Gasteiger charge is -2.16. The van der Waals surface area contributed by atoms with Crippen LogP contribution in [0.3, 0.4) is 0 Å². The second-order valence-electron chi connectivity index (χ2n) is 4.69. The molecule has 3 heterocycles. The van der Waals surface area contributed by atoms with Crippen LogP contribution >= 0.6 is 11.6 Å². The van der Waals surface area contributed by atoms with Crippen LogP contribution in [0.15, 0.2) is 18.3 Å². The number of amides is 1. The number of likely N-dealkylation sites (tertiary alicyclic amines) is 1. The van der Waals surface area contributed by atoms with Gasteiger partial charge in [-0.1, -0.05) is 11.6 Å². The maximum Gasteiger partial charge on any atom is 0.407 e. The number of hydrogen-bond acceptors (Lipinski definition) is 5. The first-order valence-corrected chi connectivity index (χ1v) is 6.59. The van der Waals surface area contributed by atoms with E-state index in [2.05, 4.69) is 20.5 Å². The Bertz CT molecular complexity index is 700. The highest BCUT2D eigenvalue weighted by Gasteiger charge is 2.36. The summed E-state index contributed by atoms with van der Waals surface area (Å²) in [4.78, 5) is 16.0. The number of pyridine rings is 1. The lowest BCUT2D eigenvalue weighted by atomic mass is 10.2. The smallest absolute Gasteiger partial charge is 0.407 e. The van der Waals surface area contributed by atoms with Crippen molar-refractivity contribution in [3.8, 4) is 0 Å². The van der Waals surface area contributed by atoms with Crippen molar-refractivity contribution in [2.75, 3.05) is 18.4 Å². The molecule has 0 unspecified atom stereocenters. The molecule has 3 rings (SSSR count). The van der Waals surface area contributed by atoms with Gasteiger partial charge in [0.05, 0.1) is 12.6 Å². The van der Waals surface area contributed by atoms with Crippen molar-refractivity contribution in [1.82, 2.24) is 20.1 Å². The van der Waals surface area contributed by atoms with E-state index < -0.39 is 18.3 Å². The molecule has 1 fully saturated rings. The molecular formula is C12H11ClFN5O2. The summed E-state index contributed by atoms with van der Waals surface area (Å²) in [5.41, 5.74) is 0.458. The number of nitrogens with one attached hydrogen (secondary N) is 1. The van der Waals surface area contributed by atoms with E-state index >= 15 is 0 Å². The van der Waals surface area contributed by atoms with Gasteiger partial charge in [0.1, 0.15) is 11.7 Å². The van der Waals surface area contributed by atoms with Crippen LogP contribution in [0.1, 0.15) is 0 Å². The molecule has 0 saturated carbocycles. The molecular weight excluding hydrogens is 301 g/mol. The molecule has 110 valence electrons. The topological polar surface area (TPSA) is 91.2 Å². The molecule has 2 atom stereocenters. The predicted molar refractivity (Wildman–Crippen MR) is 74.2 cm³/mol. The van der Waals surface area contributed by atoms with E-state index in [1.807, 2.05) is 0 Å². The Morgan fingerprint density at radius 2 is 2.29 bits per heavy atom. The molecule has 2 aromatic heterocycles. The quantitative estimate of drug-likeness (QED) is 0.878. The summed E-state index contributed by atoms with van der Waals surface area (Å²) in [6.45, 7) is -0.118. The molecule has 21 heavy (non-hydrogen) atoms. The Hall–Kier alpha value is -2.22. The lowest BCUT2D eigenvalue weighted by molar-refractivity contribution is 0.152. The molecule has 0 radical (unpaired) electrons. The van der Waals surface area contributed by atoms with Gasteiger partial charge in [0.15, 0.2) is 11.0 Å². The molecule has 2 aromatic rings. The van der Waals surface area contributed by atoms with Crippen molar-refractivity contribution in [2.45, 2.75) is 12.2 Å². The van der Waals surface area contributed by atoms with Gasteiger partial charge in [0, 0.05) is 18.1 Å². The van der Waals surface area contributed by atoms with E-state index in [1.165, 1.54) is 0 Å². The highest BCUT2D eigenvalue weighted by atomic mass is 35.5. The number of nitrogens with zero attached hydrogens (tertiary/aromatic N) is 4. The number of alkyl halides is 1. The maximum atomic E-state index is 13.9. The first-order valence-electron chi connectivity index (χ1n) is 6.21. The van der Waals surface area contributed by atoms with Crippen LogP contribution in [0, 0.1) is 0 Å². The molecule has 0 aromatic carbocycles. The fraction of sp³-hybridized carbons (Fsp3) is 0.333. The monoisotopic (exact) mass is 311 g/mol. The first-order chi connectivity index (χ1) is 10.1. The molecule has 1 aliphatic rings. The zero-order chi connectivity index (χ0) is 15.0. The summed E-state index contributed by atoms with van der Waals surface area (Å²) < 4.78 is 13.9. The minimum Gasteiger partial charge on any atom is -0.465 e. The van der Waals surface area contributed by atoms with Crippen LogP contribution in [-0.2, 0) is 0 Å². The third-order valence-electron chi connectivity index (χ3n) is 3.34. The summed E-state index contributed by atoms with van der Waals surface area (Å²) in [6.07, 6.45) is -0.889. The SMILES string of the molecule is O=C(O)N1C[C@H](F)[C@H](Nc2nnc(Cl)c3ncccc23)C1. The number of halogens is 2. The molecule has 1 saturated heterocycles. The van der Waals surface area contributed by atoms with Crippen LogP contribution < -0.4 is 5.32 Å². The van der Waals surface area contributed by atoms with E-state index in [9.17, 15) is 9.18 Å². The standard InChI is InChI=1S/C12H11ClFN5O2/c13-10-9-6(2-1-3-15-9)11(18-17-10)16-8-5-19(12(20)21)4-7(8)14/h1-3,7-8H,4-5H2,(H,16,18)(H,20,21)/t7-,8+/m0/s1. The van der Waals surface area contributed by atoms with Crippen molar-refractivity contribution in [2.24, 2.45) is 0 Å². The van der Waals surface area contributed by atoms with Gasteiger partial charge in [0.2, 0.25) is 0 Å². The number of carboxylic acid groups (broad SMARTS) is 1. The van der Waals surface area contributed by atoms with E-state index in [0.29, 0.717) is 16.7 Å². The average molecular weight is 312 g/mol. The summed E-state index contributed by atoms with van der Waals surface area (Å²) in [7, 11) is 0. The number of carbonyl (C=O) groups is 1. The number of aromatic nitrogens is 3. The minimum absolute atomic E-state index is 0.0442. The van der Waals surface area contributed by atoms with Gasteiger partial charge in [-0.05, 0) is 12.1 Å². The van der Waals surface area contributed by atoms with Crippen molar-refractivity contribution >= 4 is 34.4 Å². The fourth-order valence-corrected chi connectivity index (χ4v) is 2.48. The van der Waals surface area contributed by atoms with Gasteiger partial charge in [-0.15, -0.1) is 10.2 Å². The van der Waals surface area contributed by atoms with Crippen LogP contribution in [-0.4, -0.2) is 56.6 Å². The maximum absolute atomic E-state index is 13.9. The Labute approximate surface area is 123 Å². The van der Waals surface area contributed by atoms with Gasteiger partial charge in [-0.3, -0.25) is 4.98 Å². The summed E-state index contributed by atoms with van der Waals surface area (Å²) in [5, 5.41) is 20.2. The third kappa shape index (κ3) is 2.54. The Balaban J connectivity index is 1.89. The Morgan fingerprint density at radius 3 is 3.00 bits per heavy atom. The summed E-state index contributed by atoms with van der Waals surface area (Å²) >= 11 is 5.92. The van der Waals surface area contributed by atoms with Crippen molar-refractivity contribution in [3.05, 3.63) is 23.5 Å². The van der Waals surface area contributed by atoms with Crippen molar-refractivity contribution in [3.63, 3.8) is 0 Å². The third-order valence-corrected chi connectivity index (χ3v) is 3.59. The zero-order valence-corrected chi connectivity index (χ0v) is 11.5. The molecule has 1 amide bonds. The molecule has 0 spiro atoms.